The smallest absolute Gasteiger partial charge is 0.326 e. The Kier molecular flexibility index (Phi) is 9.53. The number of hydrogen-bond acceptors (Lipinski definition) is 2. The minimum absolute atomic E-state index is 0.168. The number of carbonyl (C=O) groups is 2. The van der Waals surface area contributed by atoms with Crippen LogP contribution in [-0.2, 0) is 16.0 Å². The summed E-state index contributed by atoms with van der Waals surface area (Å²) in [5.41, 5.74) is 0.942. The van der Waals surface area contributed by atoms with Crippen molar-refractivity contribution in [2.24, 2.45) is 0 Å². The van der Waals surface area contributed by atoms with Gasteiger partial charge in [-0.25, -0.2) is 4.79 Å². The molecule has 152 valence electrons. The summed E-state index contributed by atoms with van der Waals surface area (Å²) in [4.78, 5) is 23.9. The minimum atomic E-state index is -0.989. The van der Waals surface area contributed by atoms with Crippen molar-refractivity contribution in [2.75, 3.05) is 0 Å². The van der Waals surface area contributed by atoms with Gasteiger partial charge in [0, 0.05) is 12.8 Å². The number of carboxylic acid groups (broad SMARTS) is 1. The van der Waals surface area contributed by atoms with E-state index < -0.39 is 12.0 Å². The lowest BCUT2D eigenvalue weighted by Crippen LogP contribution is -2.42. The highest BCUT2D eigenvalue weighted by molar-refractivity contribution is 5.88. The first-order valence-corrected chi connectivity index (χ1v) is 10.6. The van der Waals surface area contributed by atoms with Crippen LogP contribution in [0, 0.1) is 0 Å². The van der Waals surface area contributed by atoms with Gasteiger partial charge in [-0.05, 0) is 22.8 Å². The standard InChI is InChI=1S/C24H33NO3/c1-2-3-4-5-6-7-8-9-17-23(26)25-22(24(27)28)18-20-15-12-14-19-13-10-11-16-21(19)20/h10-16,22H,2-9,17-18H2,1H3,(H,25,26)(H,27,28)/t22-/m0/s1. The summed E-state index contributed by atoms with van der Waals surface area (Å²) in [7, 11) is 0. The van der Waals surface area contributed by atoms with Crippen molar-refractivity contribution in [2.45, 2.75) is 77.2 Å². The molecule has 4 heteroatoms. The number of aliphatic carboxylic acids is 1. The SMILES string of the molecule is CCCCCCCCCCC(=O)N[C@@H](Cc1cccc2ccccc12)C(=O)O. The predicted octanol–water partition coefficient (Wildman–Crippen LogP) is 5.48. The Morgan fingerprint density at radius 1 is 0.893 bits per heavy atom. The lowest BCUT2D eigenvalue weighted by Gasteiger charge is -2.16. The minimum Gasteiger partial charge on any atom is -0.480 e. The van der Waals surface area contributed by atoms with Crippen LogP contribution in [0.1, 0.15) is 70.3 Å². The van der Waals surface area contributed by atoms with Gasteiger partial charge in [-0.1, -0.05) is 94.3 Å². The van der Waals surface area contributed by atoms with E-state index in [0.717, 1.165) is 35.6 Å². The summed E-state index contributed by atoms with van der Waals surface area (Å²) in [6.07, 6.45) is 10.0. The predicted molar refractivity (Wildman–Crippen MR) is 114 cm³/mol. The van der Waals surface area contributed by atoms with Crippen LogP contribution >= 0.6 is 0 Å². The molecule has 0 heterocycles. The molecule has 0 saturated carbocycles. The Bertz CT molecular complexity index is 751. The number of fused-ring (bicyclic) bond motifs is 1. The molecule has 0 spiro atoms. The highest BCUT2D eigenvalue weighted by Gasteiger charge is 2.21. The zero-order valence-corrected chi connectivity index (χ0v) is 17.0. The number of benzene rings is 2. The number of carboxylic acids is 1. The van der Waals surface area contributed by atoms with Crippen molar-refractivity contribution < 1.29 is 14.7 Å². The summed E-state index contributed by atoms with van der Waals surface area (Å²) in [6.45, 7) is 2.21. The molecule has 2 aromatic rings. The van der Waals surface area contributed by atoms with Crippen LogP contribution in [0.5, 0.6) is 0 Å². The molecule has 1 atom stereocenters. The maximum atomic E-state index is 12.2. The molecule has 0 saturated heterocycles. The van der Waals surface area contributed by atoms with Crippen LogP contribution in [0.3, 0.4) is 0 Å². The van der Waals surface area contributed by atoms with Crippen LogP contribution < -0.4 is 5.32 Å². The third kappa shape index (κ3) is 7.34. The molecule has 0 aromatic heterocycles. The number of unbranched alkanes of at least 4 members (excludes halogenated alkanes) is 7. The van der Waals surface area contributed by atoms with Crippen LogP contribution in [0.15, 0.2) is 42.5 Å². The molecule has 2 aromatic carbocycles. The largest absolute Gasteiger partial charge is 0.480 e. The zero-order valence-electron chi connectivity index (χ0n) is 17.0. The second kappa shape index (κ2) is 12.2. The molecule has 0 radical (unpaired) electrons. The molecular formula is C24H33NO3. The topological polar surface area (TPSA) is 66.4 Å². The van der Waals surface area contributed by atoms with E-state index in [-0.39, 0.29) is 5.91 Å². The molecule has 0 aliphatic carbocycles. The molecule has 4 nitrogen and oxygen atoms in total. The van der Waals surface area contributed by atoms with Gasteiger partial charge in [0.1, 0.15) is 6.04 Å². The average Bonchev–Trinajstić information content (AvgIpc) is 2.69. The third-order valence-corrected chi connectivity index (χ3v) is 5.19. The van der Waals surface area contributed by atoms with Gasteiger partial charge < -0.3 is 10.4 Å². The first-order chi connectivity index (χ1) is 13.6. The number of carbonyl (C=O) groups excluding carboxylic acids is 1. The second-order valence-electron chi connectivity index (χ2n) is 7.53. The van der Waals surface area contributed by atoms with Crippen molar-refractivity contribution >= 4 is 22.6 Å². The van der Waals surface area contributed by atoms with E-state index in [1.54, 1.807) is 0 Å². The van der Waals surface area contributed by atoms with Crippen molar-refractivity contribution in [1.82, 2.24) is 5.32 Å². The zero-order chi connectivity index (χ0) is 20.2. The Labute approximate surface area is 168 Å². The first-order valence-electron chi connectivity index (χ1n) is 10.6. The fraction of sp³-hybridized carbons (Fsp3) is 0.500. The molecule has 0 fully saturated rings. The molecule has 2 N–H and O–H groups in total. The summed E-state index contributed by atoms with van der Waals surface area (Å²) in [5.74, 6) is -1.16. The molecule has 0 unspecified atom stereocenters. The van der Waals surface area contributed by atoms with Gasteiger partial charge in [-0.3, -0.25) is 4.79 Å². The monoisotopic (exact) mass is 383 g/mol. The normalized spacial score (nSPS) is 12.0. The Hall–Kier alpha value is -2.36. The summed E-state index contributed by atoms with van der Waals surface area (Å²) < 4.78 is 0. The van der Waals surface area contributed by atoms with E-state index in [9.17, 15) is 14.7 Å². The van der Waals surface area contributed by atoms with Crippen molar-refractivity contribution in [3.05, 3.63) is 48.0 Å². The van der Waals surface area contributed by atoms with Crippen molar-refractivity contribution in [3.8, 4) is 0 Å². The Morgan fingerprint density at radius 2 is 1.54 bits per heavy atom. The molecule has 2 rings (SSSR count). The van der Waals surface area contributed by atoms with Gasteiger partial charge in [0.25, 0.3) is 0 Å². The van der Waals surface area contributed by atoms with Crippen LogP contribution in [0.2, 0.25) is 0 Å². The molecule has 1 amide bonds. The van der Waals surface area contributed by atoms with Crippen molar-refractivity contribution in [3.63, 3.8) is 0 Å². The summed E-state index contributed by atoms with van der Waals surface area (Å²) in [6, 6.07) is 12.9. The van der Waals surface area contributed by atoms with E-state index in [4.69, 9.17) is 0 Å². The lowest BCUT2D eigenvalue weighted by atomic mass is 9.98. The quantitative estimate of drug-likeness (QED) is 0.450. The van der Waals surface area contributed by atoms with Crippen LogP contribution in [-0.4, -0.2) is 23.0 Å². The molecule has 0 aliphatic heterocycles. The van der Waals surface area contributed by atoms with Gasteiger partial charge in [0.2, 0.25) is 5.91 Å². The van der Waals surface area contributed by atoms with Gasteiger partial charge >= 0.3 is 5.97 Å². The fourth-order valence-electron chi connectivity index (χ4n) is 3.58. The molecule has 0 aliphatic rings. The molecular weight excluding hydrogens is 350 g/mol. The first kappa shape index (κ1) is 21.9. The molecule has 0 bridgehead atoms. The highest BCUT2D eigenvalue weighted by atomic mass is 16.4. The highest BCUT2D eigenvalue weighted by Crippen LogP contribution is 2.20. The van der Waals surface area contributed by atoms with Gasteiger partial charge in [0.05, 0.1) is 0 Å². The number of rotatable bonds is 13. The Balaban J connectivity index is 1.79. The maximum absolute atomic E-state index is 12.2. The van der Waals surface area contributed by atoms with Crippen LogP contribution in [0.4, 0.5) is 0 Å². The van der Waals surface area contributed by atoms with E-state index in [2.05, 4.69) is 12.2 Å². The number of amides is 1. The lowest BCUT2D eigenvalue weighted by molar-refractivity contribution is -0.141. The van der Waals surface area contributed by atoms with Crippen molar-refractivity contribution in [1.29, 1.82) is 0 Å². The number of hydrogen-bond donors (Lipinski definition) is 2. The fourth-order valence-corrected chi connectivity index (χ4v) is 3.58. The van der Waals surface area contributed by atoms with E-state index >= 15 is 0 Å². The average molecular weight is 384 g/mol. The van der Waals surface area contributed by atoms with E-state index in [1.807, 2.05) is 42.5 Å². The van der Waals surface area contributed by atoms with Gasteiger partial charge in [-0.15, -0.1) is 0 Å². The maximum Gasteiger partial charge on any atom is 0.326 e. The summed E-state index contributed by atoms with van der Waals surface area (Å²) in [5, 5.41) is 14.4. The van der Waals surface area contributed by atoms with Crippen LogP contribution in [0.25, 0.3) is 10.8 Å². The van der Waals surface area contributed by atoms with Gasteiger partial charge in [0.15, 0.2) is 0 Å². The molecule has 28 heavy (non-hydrogen) atoms. The summed E-state index contributed by atoms with van der Waals surface area (Å²) >= 11 is 0. The van der Waals surface area contributed by atoms with E-state index in [0.29, 0.717) is 12.8 Å². The van der Waals surface area contributed by atoms with E-state index in [1.165, 1.54) is 32.1 Å². The second-order valence-corrected chi connectivity index (χ2v) is 7.53. The number of nitrogens with one attached hydrogen (secondary N) is 1. The Morgan fingerprint density at radius 3 is 2.25 bits per heavy atom. The van der Waals surface area contributed by atoms with Gasteiger partial charge in [-0.2, -0.15) is 0 Å². The third-order valence-electron chi connectivity index (χ3n) is 5.19.